The van der Waals surface area contributed by atoms with E-state index in [1.807, 2.05) is 4.90 Å². The number of amides is 2. The van der Waals surface area contributed by atoms with E-state index in [0.717, 1.165) is 25.8 Å². The number of anilines is 1. The second kappa shape index (κ2) is 7.32. The molecule has 3 rings (SSSR count). The van der Waals surface area contributed by atoms with Gasteiger partial charge in [-0.3, -0.25) is 9.59 Å². The molecule has 2 atom stereocenters. The van der Waals surface area contributed by atoms with Crippen LogP contribution in [-0.4, -0.2) is 35.8 Å². The normalized spacial score (nSPS) is 24.5. The quantitative estimate of drug-likeness (QED) is 0.804. The van der Waals surface area contributed by atoms with Gasteiger partial charge in [0.1, 0.15) is 0 Å². The fraction of sp³-hybridized carbons (Fsp3) is 0.556. The molecule has 1 aromatic rings. The van der Waals surface area contributed by atoms with Gasteiger partial charge in [-0.15, -0.1) is 0 Å². The maximum atomic E-state index is 12.9. The summed E-state index contributed by atoms with van der Waals surface area (Å²) in [6, 6.07) is 5.39. The molecule has 130 valence electrons. The molecule has 2 aliphatic heterocycles. The zero-order valence-electron chi connectivity index (χ0n) is 13.8. The van der Waals surface area contributed by atoms with Crippen molar-refractivity contribution in [2.45, 2.75) is 45.1 Å². The van der Waals surface area contributed by atoms with E-state index >= 15 is 0 Å². The minimum Gasteiger partial charge on any atom is -0.339 e. The summed E-state index contributed by atoms with van der Waals surface area (Å²) in [5, 5.41) is 0.968. The van der Waals surface area contributed by atoms with Gasteiger partial charge in [0.25, 0.3) is 0 Å². The summed E-state index contributed by atoms with van der Waals surface area (Å²) in [6.45, 7) is 3.32. The molecule has 2 fully saturated rings. The minimum absolute atomic E-state index is 0.0531. The Morgan fingerprint density at radius 3 is 2.79 bits per heavy atom. The van der Waals surface area contributed by atoms with Crippen LogP contribution in [0, 0.1) is 5.92 Å². The Morgan fingerprint density at radius 1 is 1.29 bits per heavy atom. The molecule has 0 aromatic heterocycles. The summed E-state index contributed by atoms with van der Waals surface area (Å²) in [6.07, 6.45) is 4.52. The maximum absolute atomic E-state index is 12.9. The number of piperidine rings is 1. The first-order chi connectivity index (χ1) is 11.5. The molecule has 2 saturated heterocycles. The van der Waals surface area contributed by atoms with E-state index in [0.29, 0.717) is 28.3 Å². The van der Waals surface area contributed by atoms with Gasteiger partial charge < -0.3 is 9.80 Å². The van der Waals surface area contributed by atoms with Crippen LogP contribution in [0.15, 0.2) is 18.2 Å². The average Bonchev–Trinajstić information content (AvgIpc) is 2.96. The van der Waals surface area contributed by atoms with Crippen molar-refractivity contribution in [3.63, 3.8) is 0 Å². The number of carbonyl (C=O) groups is 2. The molecule has 2 heterocycles. The van der Waals surface area contributed by atoms with Gasteiger partial charge in [-0.05, 0) is 43.9 Å². The number of nitrogens with zero attached hydrogens (tertiary/aromatic N) is 2. The molecular formula is C18H22Cl2N2O2. The van der Waals surface area contributed by atoms with E-state index in [2.05, 4.69) is 6.92 Å². The van der Waals surface area contributed by atoms with Crippen LogP contribution in [0.4, 0.5) is 5.69 Å². The molecule has 1 aromatic carbocycles. The Hall–Kier alpha value is -1.26. The summed E-state index contributed by atoms with van der Waals surface area (Å²) in [5.41, 5.74) is 0.632. The lowest BCUT2D eigenvalue weighted by molar-refractivity contribution is -0.139. The maximum Gasteiger partial charge on any atom is 0.228 e. The fourth-order valence-electron chi connectivity index (χ4n) is 3.76. The average molecular weight is 369 g/mol. The highest BCUT2D eigenvalue weighted by atomic mass is 35.5. The van der Waals surface area contributed by atoms with Crippen LogP contribution in [-0.2, 0) is 9.59 Å². The number of halogens is 2. The summed E-state index contributed by atoms with van der Waals surface area (Å²) in [7, 11) is 0. The third-order valence-electron chi connectivity index (χ3n) is 5.06. The Balaban J connectivity index is 1.75. The predicted octanol–water partition coefficient (Wildman–Crippen LogP) is 4.14. The lowest BCUT2D eigenvalue weighted by atomic mass is 9.97. The molecule has 0 aliphatic carbocycles. The minimum atomic E-state index is -0.281. The third kappa shape index (κ3) is 3.40. The van der Waals surface area contributed by atoms with Gasteiger partial charge in [0, 0.05) is 30.6 Å². The molecule has 0 N–H and O–H groups in total. The molecule has 0 saturated carbocycles. The smallest absolute Gasteiger partial charge is 0.228 e. The number of rotatable bonds is 3. The van der Waals surface area contributed by atoms with Crippen molar-refractivity contribution in [1.82, 2.24) is 4.90 Å². The lowest BCUT2D eigenvalue weighted by Gasteiger charge is -2.36. The fourth-order valence-corrected chi connectivity index (χ4v) is 4.27. The summed E-state index contributed by atoms with van der Waals surface area (Å²) < 4.78 is 0. The van der Waals surface area contributed by atoms with Crippen molar-refractivity contribution < 1.29 is 9.59 Å². The number of benzene rings is 1. The second-order valence-electron chi connectivity index (χ2n) is 6.59. The van der Waals surface area contributed by atoms with Crippen LogP contribution in [0.3, 0.4) is 0 Å². The highest BCUT2D eigenvalue weighted by Crippen LogP contribution is 2.34. The molecule has 0 radical (unpaired) electrons. The van der Waals surface area contributed by atoms with Crippen LogP contribution in [0.1, 0.15) is 39.0 Å². The van der Waals surface area contributed by atoms with Crippen molar-refractivity contribution >= 4 is 40.7 Å². The van der Waals surface area contributed by atoms with Crippen LogP contribution < -0.4 is 4.90 Å². The van der Waals surface area contributed by atoms with Crippen LogP contribution in [0.25, 0.3) is 0 Å². The Kier molecular flexibility index (Phi) is 5.36. The number of carbonyl (C=O) groups excluding carboxylic acids is 2. The van der Waals surface area contributed by atoms with E-state index in [4.69, 9.17) is 23.2 Å². The highest BCUT2D eigenvalue weighted by Gasteiger charge is 2.39. The summed E-state index contributed by atoms with van der Waals surface area (Å²) in [4.78, 5) is 29.0. The van der Waals surface area contributed by atoms with Gasteiger partial charge in [0.15, 0.2) is 0 Å². The third-order valence-corrected chi connectivity index (χ3v) is 5.59. The Labute approximate surface area is 152 Å². The van der Waals surface area contributed by atoms with Gasteiger partial charge in [-0.1, -0.05) is 30.1 Å². The number of likely N-dealkylation sites (tertiary alicyclic amines) is 1. The van der Waals surface area contributed by atoms with E-state index in [9.17, 15) is 9.59 Å². The number of hydrogen-bond acceptors (Lipinski definition) is 2. The first kappa shape index (κ1) is 17.6. The summed E-state index contributed by atoms with van der Waals surface area (Å²) >= 11 is 12.1. The first-order valence-corrected chi connectivity index (χ1v) is 9.32. The molecule has 6 heteroatoms. The molecule has 0 spiro atoms. The van der Waals surface area contributed by atoms with Gasteiger partial charge >= 0.3 is 0 Å². The van der Waals surface area contributed by atoms with Crippen molar-refractivity contribution in [2.75, 3.05) is 18.0 Å². The van der Waals surface area contributed by atoms with Crippen LogP contribution in [0.2, 0.25) is 10.0 Å². The molecule has 2 aliphatic rings. The molecule has 2 unspecified atom stereocenters. The Bertz CT molecular complexity index is 650. The molecule has 2 amide bonds. The van der Waals surface area contributed by atoms with Gasteiger partial charge in [-0.2, -0.15) is 0 Å². The van der Waals surface area contributed by atoms with Crippen molar-refractivity contribution in [2.24, 2.45) is 5.92 Å². The number of hydrogen-bond donors (Lipinski definition) is 0. The zero-order chi connectivity index (χ0) is 17.3. The highest BCUT2D eigenvalue weighted by molar-refractivity contribution is 6.36. The predicted molar refractivity (Wildman–Crippen MR) is 96.6 cm³/mol. The topological polar surface area (TPSA) is 40.6 Å². The SMILES string of the molecule is CCC1CCCCN1C(=O)C1CC(=O)N(c2ccc(Cl)cc2Cl)C1. The largest absolute Gasteiger partial charge is 0.339 e. The summed E-state index contributed by atoms with van der Waals surface area (Å²) in [5.74, 6) is -0.221. The van der Waals surface area contributed by atoms with E-state index in [-0.39, 0.29) is 24.2 Å². The van der Waals surface area contributed by atoms with Crippen LogP contribution in [0.5, 0.6) is 0 Å². The Morgan fingerprint density at radius 2 is 2.08 bits per heavy atom. The van der Waals surface area contributed by atoms with E-state index in [1.54, 1.807) is 23.1 Å². The first-order valence-electron chi connectivity index (χ1n) is 8.57. The monoisotopic (exact) mass is 368 g/mol. The van der Waals surface area contributed by atoms with Crippen molar-refractivity contribution in [1.29, 1.82) is 0 Å². The molecule has 24 heavy (non-hydrogen) atoms. The molecular weight excluding hydrogens is 347 g/mol. The van der Waals surface area contributed by atoms with Crippen molar-refractivity contribution in [3.8, 4) is 0 Å². The standard InChI is InChI=1S/C18H22Cl2N2O2/c1-2-14-5-3-4-8-21(14)18(24)12-9-17(23)22(11-12)16-7-6-13(19)10-15(16)20/h6-7,10,12,14H,2-5,8-9,11H2,1H3. The molecule has 4 nitrogen and oxygen atoms in total. The van der Waals surface area contributed by atoms with Crippen molar-refractivity contribution in [3.05, 3.63) is 28.2 Å². The van der Waals surface area contributed by atoms with Gasteiger partial charge in [0.05, 0.1) is 16.6 Å². The second-order valence-corrected chi connectivity index (χ2v) is 7.43. The molecule has 0 bridgehead atoms. The van der Waals surface area contributed by atoms with E-state index in [1.165, 1.54) is 6.42 Å². The van der Waals surface area contributed by atoms with Gasteiger partial charge in [-0.25, -0.2) is 0 Å². The van der Waals surface area contributed by atoms with Crippen LogP contribution >= 0.6 is 23.2 Å². The lowest BCUT2D eigenvalue weighted by Crippen LogP contribution is -2.46. The van der Waals surface area contributed by atoms with E-state index < -0.39 is 0 Å². The zero-order valence-corrected chi connectivity index (χ0v) is 15.3. The van der Waals surface area contributed by atoms with Gasteiger partial charge in [0.2, 0.25) is 11.8 Å².